The molecule has 11 heteroatoms. The zero-order valence-corrected chi connectivity index (χ0v) is 17.1. The predicted octanol–water partition coefficient (Wildman–Crippen LogP) is 2.02. The third-order valence-electron chi connectivity index (χ3n) is 3.84. The number of thiophene rings is 1. The second-order valence-electron chi connectivity index (χ2n) is 5.87. The number of aromatic nitrogens is 2. The van der Waals surface area contributed by atoms with Gasteiger partial charge in [-0.05, 0) is 41.7 Å². The van der Waals surface area contributed by atoms with Crippen molar-refractivity contribution in [3.05, 3.63) is 56.8 Å². The van der Waals surface area contributed by atoms with Crippen LogP contribution >= 0.6 is 23.1 Å². The van der Waals surface area contributed by atoms with E-state index in [1.165, 1.54) is 4.68 Å². The van der Waals surface area contributed by atoms with Crippen molar-refractivity contribution >= 4 is 45.6 Å². The van der Waals surface area contributed by atoms with Crippen molar-refractivity contribution in [2.75, 3.05) is 16.4 Å². The fraction of sp³-hybridized carbons (Fsp3) is 0.167. The Morgan fingerprint density at radius 1 is 1.31 bits per heavy atom. The minimum Gasteiger partial charge on any atom is -0.321 e. The smallest absolute Gasteiger partial charge is 0.321 e. The second kappa shape index (κ2) is 8.76. The molecule has 0 bridgehead atoms. The van der Waals surface area contributed by atoms with Crippen molar-refractivity contribution < 1.29 is 18.8 Å². The highest BCUT2D eigenvalue weighted by molar-refractivity contribution is 7.99. The van der Waals surface area contributed by atoms with E-state index < -0.39 is 11.5 Å². The number of hydrogen-bond donors (Lipinski definition) is 3. The number of anilines is 2. The van der Waals surface area contributed by atoms with Crippen LogP contribution in [0, 0.1) is 18.3 Å². The number of nitriles is 1. The molecule has 2 heterocycles. The monoisotopic (exact) mass is 430 g/mol. The number of rotatable bonds is 6. The van der Waals surface area contributed by atoms with Crippen LogP contribution in [-0.2, 0) is 11.8 Å². The molecular formula is C18H16N5O4S2+. The molecule has 2 aromatic heterocycles. The van der Waals surface area contributed by atoms with Crippen molar-refractivity contribution in [1.82, 2.24) is 5.27 Å². The van der Waals surface area contributed by atoms with E-state index in [0.29, 0.717) is 21.1 Å². The predicted molar refractivity (Wildman–Crippen MR) is 108 cm³/mol. The Labute approximate surface area is 173 Å². The molecule has 148 valence electrons. The summed E-state index contributed by atoms with van der Waals surface area (Å²) in [5.74, 6) is -0.838. The van der Waals surface area contributed by atoms with Gasteiger partial charge in [0.25, 0.3) is 5.91 Å². The summed E-state index contributed by atoms with van der Waals surface area (Å²) >= 11 is 2.02. The lowest BCUT2D eigenvalue weighted by Gasteiger charge is -2.03. The number of carbonyl (C=O) groups is 2. The van der Waals surface area contributed by atoms with Gasteiger partial charge in [-0.25, -0.2) is 4.79 Å². The molecule has 3 aromatic rings. The average Bonchev–Trinajstić information content (AvgIpc) is 3.19. The lowest BCUT2D eigenvalue weighted by molar-refractivity contribution is -0.772. The molecule has 0 saturated heterocycles. The standard InChI is InChI=1S/C18H15N5O4S2/c1-10-12(8-19)16(21-13(24)9-28-17-18(26)27-22-23(17)2)29-14(10)15(25)20-11-6-4-3-5-7-11/h3-7H,9H2,1-2H3,(H2-,20,21,22,24,25,26)/p+1. The highest BCUT2D eigenvalue weighted by Crippen LogP contribution is 2.33. The first kappa shape index (κ1) is 20.4. The Kier molecular flexibility index (Phi) is 6.16. The Balaban J connectivity index is 1.73. The fourth-order valence-corrected chi connectivity index (χ4v) is 4.25. The van der Waals surface area contributed by atoms with Gasteiger partial charge in [0, 0.05) is 5.69 Å². The van der Waals surface area contributed by atoms with Gasteiger partial charge in [-0.15, -0.1) is 11.3 Å². The van der Waals surface area contributed by atoms with Crippen LogP contribution in [-0.4, -0.2) is 22.8 Å². The van der Waals surface area contributed by atoms with Crippen LogP contribution in [0.15, 0.2) is 44.7 Å². The number of H-pyrrole nitrogens is 1. The van der Waals surface area contributed by atoms with E-state index in [4.69, 9.17) is 0 Å². The van der Waals surface area contributed by atoms with E-state index in [0.717, 1.165) is 23.1 Å². The number of hydrogen-bond acceptors (Lipinski definition) is 7. The van der Waals surface area contributed by atoms with Crippen LogP contribution in [0.5, 0.6) is 0 Å². The number of benzene rings is 1. The first-order chi connectivity index (χ1) is 13.9. The number of aromatic amines is 1. The molecule has 0 aliphatic carbocycles. The quantitative estimate of drug-likeness (QED) is 0.405. The van der Waals surface area contributed by atoms with Gasteiger partial charge in [0.2, 0.25) is 5.91 Å². The number of nitrogens with one attached hydrogen (secondary N) is 3. The molecule has 2 amide bonds. The van der Waals surface area contributed by atoms with Crippen LogP contribution in [0.2, 0.25) is 0 Å². The highest BCUT2D eigenvalue weighted by atomic mass is 32.2. The van der Waals surface area contributed by atoms with Gasteiger partial charge in [-0.2, -0.15) is 5.26 Å². The van der Waals surface area contributed by atoms with Crippen LogP contribution in [0.3, 0.4) is 0 Å². The molecule has 9 nitrogen and oxygen atoms in total. The zero-order valence-electron chi connectivity index (χ0n) is 15.4. The molecule has 3 N–H and O–H groups in total. The minimum absolute atomic E-state index is 0.0657. The van der Waals surface area contributed by atoms with Gasteiger partial charge in [0.05, 0.1) is 16.2 Å². The van der Waals surface area contributed by atoms with E-state index in [1.54, 1.807) is 38.2 Å². The molecule has 1 aromatic carbocycles. The van der Waals surface area contributed by atoms with E-state index in [9.17, 15) is 19.6 Å². The number of carbonyl (C=O) groups excluding carboxylic acids is 2. The van der Waals surface area contributed by atoms with Crippen LogP contribution in [0.1, 0.15) is 20.8 Å². The van der Waals surface area contributed by atoms with Crippen LogP contribution in [0.25, 0.3) is 0 Å². The van der Waals surface area contributed by atoms with Gasteiger partial charge >= 0.3 is 10.7 Å². The van der Waals surface area contributed by atoms with Crippen LogP contribution < -0.4 is 20.9 Å². The molecule has 0 fully saturated rings. The van der Waals surface area contributed by atoms with Crippen molar-refractivity contribution in [1.29, 1.82) is 5.26 Å². The normalized spacial score (nSPS) is 10.4. The molecule has 29 heavy (non-hydrogen) atoms. The van der Waals surface area contributed by atoms with E-state index >= 15 is 0 Å². The van der Waals surface area contributed by atoms with Gasteiger partial charge < -0.3 is 10.6 Å². The number of amides is 2. The van der Waals surface area contributed by atoms with Gasteiger partial charge in [-0.3, -0.25) is 14.1 Å². The summed E-state index contributed by atoms with van der Waals surface area (Å²) in [6, 6.07) is 11.0. The third kappa shape index (κ3) is 4.56. The van der Waals surface area contributed by atoms with Crippen molar-refractivity contribution in [2.24, 2.45) is 7.05 Å². The number of nitrogens with zero attached hydrogens (tertiary/aromatic N) is 2. The van der Waals surface area contributed by atoms with E-state index in [1.807, 2.05) is 12.1 Å². The maximum absolute atomic E-state index is 12.6. The molecule has 0 saturated carbocycles. The summed E-state index contributed by atoms with van der Waals surface area (Å²) in [5.41, 5.74) is 0.781. The summed E-state index contributed by atoms with van der Waals surface area (Å²) in [6.07, 6.45) is 0. The van der Waals surface area contributed by atoms with E-state index in [2.05, 4.69) is 20.4 Å². The fourth-order valence-electron chi connectivity index (χ4n) is 2.45. The highest BCUT2D eigenvalue weighted by Gasteiger charge is 2.23. The lowest BCUT2D eigenvalue weighted by atomic mass is 10.1. The Bertz CT molecular complexity index is 1160. The Hall–Kier alpha value is -3.36. The summed E-state index contributed by atoms with van der Waals surface area (Å²) in [4.78, 5) is 36.7. The topological polar surface area (TPSA) is 132 Å². The Morgan fingerprint density at radius 2 is 2.03 bits per heavy atom. The summed E-state index contributed by atoms with van der Waals surface area (Å²) < 4.78 is 5.98. The molecule has 0 aliphatic heterocycles. The SMILES string of the molecule is Cc1c(C(=O)Nc2ccccc2)sc(NC(=O)CSc2c(=O)o[nH][n+]2C)c1C#N. The van der Waals surface area contributed by atoms with Gasteiger partial charge in [-0.1, -0.05) is 22.9 Å². The average molecular weight is 430 g/mol. The zero-order chi connectivity index (χ0) is 21.0. The molecular weight excluding hydrogens is 414 g/mol. The molecule has 0 spiro atoms. The van der Waals surface area contributed by atoms with Crippen molar-refractivity contribution in [3.63, 3.8) is 0 Å². The summed E-state index contributed by atoms with van der Waals surface area (Å²) in [5, 5.41) is 17.8. The molecule has 3 rings (SSSR count). The van der Waals surface area contributed by atoms with Crippen LogP contribution in [0.4, 0.5) is 10.7 Å². The first-order valence-electron chi connectivity index (χ1n) is 8.30. The largest absolute Gasteiger partial charge is 0.441 e. The maximum atomic E-state index is 12.6. The minimum atomic E-state index is -0.574. The van der Waals surface area contributed by atoms with E-state index in [-0.39, 0.29) is 22.2 Å². The molecule has 0 atom stereocenters. The Morgan fingerprint density at radius 3 is 2.66 bits per heavy atom. The van der Waals surface area contributed by atoms with Crippen molar-refractivity contribution in [2.45, 2.75) is 11.9 Å². The third-order valence-corrected chi connectivity index (χ3v) is 6.17. The molecule has 0 radical (unpaired) electrons. The molecule has 0 aliphatic rings. The summed E-state index contributed by atoms with van der Waals surface area (Å²) in [6.45, 7) is 1.66. The van der Waals surface area contributed by atoms with Crippen molar-refractivity contribution in [3.8, 4) is 6.07 Å². The lowest BCUT2D eigenvalue weighted by Crippen LogP contribution is -2.34. The molecule has 0 unspecified atom stereocenters. The number of thioether (sulfide) groups is 1. The summed E-state index contributed by atoms with van der Waals surface area (Å²) in [7, 11) is 1.58. The number of aryl methyl sites for hydroxylation is 1. The maximum Gasteiger partial charge on any atom is 0.441 e. The van der Waals surface area contributed by atoms with Gasteiger partial charge in [0.1, 0.15) is 11.1 Å². The van der Waals surface area contributed by atoms with Gasteiger partial charge in [0.15, 0.2) is 7.05 Å². The first-order valence-corrected chi connectivity index (χ1v) is 10.1. The number of para-hydroxylation sites is 1. The second-order valence-corrected chi connectivity index (χ2v) is 7.86.